The van der Waals surface area contributed by atoms with Crippen molar-refractivity contribution >= 4 is 23.2 Å². The summed E-state index contributed by atoms with van der Waals surface area (Å²) in [6.07, 6.45) is 0. The molecule has 0 fully saturated rings. The normalized spacial score (nSPS) is 11.1. The Morgan fingerprint density at radius 1 is 1.17 bits per heavy atom. The first-order valence-electron chi connectivity index (χ1n) is 6.47. The van der Waals surface area contributed by atoms with Gasteiger partial charge in [0.25, 0.3) is 17.5 Å². The van der Waals surface area contributed by atoms with E-state index in [1.54, 1.807) is 0 Å². The number of nitrogens with zero attached hydrogens (tertiary/aromatic N) is 1. The highest BCUT2D eigenvalue weighted by Crippen LogP contribution is 2.28. The van der Waals surface area contributed by atoms with Gasteiger partial charge in [-0.3, -0.25) is 14.9 Å². The van der Waals surface area contributed by atoms with E-state index >= 15 is 0 Å². The molecule has 0 radical (unpaired) electrons. The molecule has 2 aromatic rings. The second-order valence-corrected chi connectivity index (χ2v) is 5.10. The highest BCUT2D eigenvalue weighted by molar-refractivity contribution is 6.30. The Kier molecular flexibility index (Phi) is 4.90. The van der Waals surface area contributed by atoms with E-state index < -0.39 is 29.0 Å². The number of alkyl halides is 2. The lowest BCUT2D eigenvalue weighted by molar-refractivity contribution is -0.385. The van der Waals surface area contributed by atoms with Crippen LogP contribution in [-0.2, 0) is 5.92 Å². The van der Waals surface area contributed by atoms with Crippen molar-refractivity contribution in [3.05, 3.63) is 74.8 Å². The van der Waals surface area contributed by atoms with Crippen LogP contribution in [0.2, 0.25) is 5.02 Å². The van der Waals surface area contributed by atoms with E-state index in [1.165, 1.54) is 30.3 Å². The van der Waals surface area contributed by atoms with E-state index in [9.17, 15) is 23.7 Å². The first-order valence-corrected chi connectivity index (χ1v) is 6.84. The SMILES string of the molecule is O=C(NCC(F)(F)c1ccc(Cl)cc1)c1ccccc1[N+](=O)[O-]. The third-order valence-electron chi connectivity index (χ3n) is 3.08. The van der Waals surface area contributed by atoms with Crippen LogP contribution < -0.4 is 5.32 Å². The fourth-order valence-corrected chi connectivity index (χ4v) is 2.03. The Bertz CT molecular complexity index is 736. The lowest BCUT2D eigenvalue weighted by atomic mass is 10.1. The molecule has 0 saturated heterocycles. The summed E-state index contributed by atoms with van der Waals surface area (Å²) in [5.41, 5.74) is -1.03. The maximum Gasteiger partial charge on any atom is 0.290 e. The lowest BCUT2D eigenvalue weighted by Gasteiger charge is -2.17. The number of halogens is 3. The van der Waals surface area contributed by atoms with Crippen molar-refractivity contribution in [1.29, 1.82) is 0 Å². The number of amides is 1. The van der Waals surface area contributed by atoms with Gasteiger partial charge in [0, 0.05) is 16.7 Å². The molecule has 2 rings (SSSR count). The maximum atomic E-state index is 14.0. The van der Waals surface area contributed by atoms with Crippen LogP contribution in [0.15, 0.2) is 48.5 Å². The minimum atomic E-state index is -3.33. The zero-order valence-electron chi connectivity index (χ0n) is 11.6. The van der Waals surface area contributed by atoms with E-state index in [0.717, 1.165) is 18.2 Å². The number of benzene rings is 2. The molecule has 0 bridgehead atoms. The number of rotatable bonds is 5. The van der Waals surface area contributed by atoms with Crippen molar-refractivity contribution in [3.8, 4) is 0 Å². The summed E-state index contributed by atoms with van der Waals surface area (Å²) in [6, 6.07) is 10.1. The van der Waals surface area contributed by atoms with Crippen molar-refractivity contribution in [2.45, 2.75) is 5.92 Å². The molecule has 0 aliphatic heterocycles. The van der Waals surface area contributed by atoms with E-state index in [-0.39, 0.29) is 11.1 Å². The largest absolute Gasteiger partial charge is 0.345 e. The number of nitro benzene ring substituents is 1. The Labute approximate surface area is 135 Å². The van der Waals surface area contributed by atoms with Gasteiger partial charge in [-0.05, 0) is 18.2 Å². The van der Waals surface area contributed by atoms with E-state index in [2.05, 4.69) is 0 Å². The minimum Gasteiger partial charge on any atom is -0.345 e. The number of nitrogens with one attached hydrogen (secondary N) is 1. The monoisotopic (exact) mass is 340 g/mol. The van der Waals surface area contributed by atoms with Gasteiger partial charge in [-0.15, -0.1) is 0 Å². The number of hydrogen-bond donors (Lipinski definition) is 1. The molecule has 5 nitrogen and oxygen atoms in total. The Morgan fingerprint density at radius 3 is 2.39 bits per heavy atom. The number of nitro groups is 1. The van der Waals surface area contributed by atoms with Gasteiger partial charge in [-0.1, -0.05) is 35.9 Å². The van der Waals surface area contributed by atoms with Crippen LogP contribution in [0.4, 0.5) is 14.5 Å². The molecule has 0 spiro atoms. The molecule has 1 amide bonds. The third-order valence-corrected chi connectivity index (χ3v) is 3.33. The van der Waals surface area contributed by atoms with Crippen LogP contribution in [-0.4, -0.2) is 17.4 Å². The van der Waals surface area contributed by atoms with E-state index in [4.69, 9.17) is 11.6 Å². The van der Waals surface area contributed by atoms with Crippen LogP contribution in [0.5, 0.6) is 0 Å². The molecular formula is C15H11ClF2N2O3. The van der Waals surface area contributed by atoms with Crippen LogP contribution in [0, 0.1) is 10.1 Å². The molecule has 2 aromatic carbocycles. The summed E-state index contributed by atoms with van der Waals surface area (Å²) in [5, 5.41) is 13.2. The molecule has 120 valence electrons. The first-order chi connectivity index (χ1) is 10.8. The highest BCUT2D eigenvalue weighted by atomic mass is 35.5. The van der Waals surface area contributed by atoms with Crippen LogP contribution in [0.25, 0.3) is 0 Å². The summed E-state index contributed by atoms with van der Waals surface area (Å²) >= 11 is 5.64. The number of hydrogen-bond acceptors (Lipinski definition) is 3. The number of para-hydroxylation sites is 1. The highest BCUT2D eigenvalue weighted by Gasteiger charge is 2.32. The molecular weight excluding hydrogens is 330 g/mol. The van der Waals surface area contributed by atoms with Crippen LogP contribution in [0.3, 0.4) is 0 Å². The Balaban J connectivity index is 2.12. The van der Waals surface area contributed by atoms with Gasteiger partial charge in [0.15, 0.2) is 0 Å². The summed E-state index contributed by atoms with van der Waals surface area (Å²) < 4.78 is 28.1. The minimum absolute atomic E-state index is 0.274. The van der Waals surface area contributed by atoms with Crippen molar-refractivity contribution in [2.75, 3.05) is 6.54 Å². The predicted molar refractivity (Wildman–Crippen MR) is 80.8 cm³/mol. The van der Waals surface area contributed by atoms with Gasteiger partial charge >= 0.3 is 0 Å². The maximum absolute atomic E-state index is 14.0. The van der Waals surface area contributed by atoms with Gasteiger partial charge in [0.1, 0.15) is 5.56 Å². The zero-order chi connectivity index (χ0) is 17.0. The molecule has 8 heteroatoms. The standard InChI is InChI=1S/C15H11ClF2N2O3/c16-11-7-5-10(6-8-11)15(17,18)9-19-14(21)12-3-1-2-4-13(12)20(22)23/h1-8H,9H2,(H,19,21). The summed E-state index contributed by atoms with van der Waals surface area (Å²) in [7, 11) is 0. The summed E-state index contributed by atoms with van der Waals surface area (Å²) in [5.74, 6) is -4.27. The fraction of sp³-hybridized carbons (Fsp3) is 0.133. The molecule has 0 aromatic heterocycles. The average molecular weight is 341 g/mol. The van der Waals surface area contributed by atoms with E-state index in [1.807, 2.05) is 5.32 Å². The van der Waals surface area contributed by atoms with Gasteiger partial charge in [0.2, 0.25) is 0 Å². The van der Waals surface area contributed by atoms with Crippen molar-refractivity contribution < 1.29 is 18.5 Å². The topological polar surface area (TPSA) is 72.2 Å². The van der Waals surface area contributed by atoms with Crippen LogP contribution >= 0.6 is 11.6 Å². The molecule has 0 saturated carbocycles. The fourth-order valence-electron chi connectivity index (χ4n) is 1.91. The third kappa shape index (κ3) is 4.01. The van der Waals surface area contributed by atoms with Crippen molar-refractivity contribution in [2.24, 2.45) is 0 Å². The number of carbonyl (C=O) groups is 1. The predicted octanol–water partition coefficient (Wildman–Crippen LogP) is 3.77. The molecule has 0 atom stereocenters. The molecule has 23 heavy (non-hydrogen) atoms. The van der Waals surface area contributed by atoms with Gasteiger partial charge in [-0.2, -0.15) is 8.78 Å². The quantitative estimate of drug-likeness (QED) is 0.665. The zero-order valence-corrected chi connectivity index (χ0v) is 12.4. The smallest absolute Gasteiger partial charge is 0.290 e. The van der Waals surface area contributed by atoms with Gasteiger partial charge in [-0.25, -0.2) is 0 Å². The summed E-state index contributed by atoms with van der Waals surface area (Å²) in [6.45, 7) is -0.987. The lowest BCUT2D eigenvalue weighted by Crippen LogP contribution is -2.35. The van der Waals surface area contributed by atoms with Gasteiger partial charge in [0.05, 0.1) is 11.5 Å². The molecule has 0 unspecified atom stereocenters. The molecule has 0 heterocycles. The van der Waals surface area contributed by atoms with Crippen LogP contribution in [0.1, 0.15) is 15.9 Å². The second-order valence-electron chi connectivity index (χ2n) is 4.67. The van der Waals surface area contributed by atoms with Gasteiger partial charge < -0.3 is 5.32 Å². The van der Waals surface area contributed by atoms with Crippen molar-refractivity contribution in [3.63, 3.8) is 0 Å². The molecule has 1 N–H and O–H groups in total. The molecule has 0 aliphatic carbocycles. The number of carbonyl (C=O) groups excluding carboxylic acids is 1. The summed E-state index contributed by atoms with van der Waals surface area (Å²) in [4.78, 5) is 22.0. The molecule has 0 aliphatic rings. The van der Waals surface area contributed by atoms with Crippen molar-refractivity contribution in [1.82, 2.24) is 5.32 Å². The van der Waals surface area contributed by atoms with E-state index in [0.29, 0.717) is 5.02 Å². The first kappa shape index (κ1) is 16.8. The Morgan fingerprint density at radius 2 is 1.78 bits per heavy atom. The Hall–Kier alpha value is -2.54. The average Bonchev–Trinajstić information content (AvgIpc) is 2.53. The second kappa shape index (κ2) is 6.70.